The number of carbonyl (C=O) groups excluding carboxylic acids is 1. The Kier molecular flexibility index (Phi) is 6.01. The van der Waals surface area contributed by atoms with Gasteiger partial charge in [-0.05, 0) is 53.8 Å². The Morgan fingerprint density at radius 3 is 2.58 bits per heavy atom. The summed E-state index contributed by atoms with van der Waals surface area (Å²) in [5.74, 6) is -0.603. The molecule has 3 aromatic rings. The van der Waals surface area contributed by atoms with Gasteiger partial charge in [-0.25, -0.2) is 4.98 Å². The number of nitriles is 1. The van der Waals surface area contributed by atoms with Crippen LogP contribution in [0, 0.1) is 21.8 Å². The number of nitrogens with zero attached hydrogens (tertiary/aromatic N) is 2. The van der Waals surface area contributed by atoms with Crippen LogP contribution in [-0.2, 0) is 4.79 Å². The van der Waals surface area contributed by atoms with E-state index in [-0.39, 0.29) is 12.4 Å². The summed E-state index contributed by atoms with van der Waals surface area (Å²) in [6, 6.07) is 17.4. The molecule has 0 spiro atoms. The van der Waals surface area contributed by atoms with E-state index in [0.717, 1.165) is 14.8 Å². The summed E-state index contributed by atoms with van der Waals surface area (Å²) in [6.07, 6.45) is 0. The van der Waals surface area contributed by atoms with Crippen molar-refractivity contribution in [3.05, 3.63) is 68.1 Å². The number of hydrogen-bond donors (Lipinski definition) is 0. The highest BCUT2D eigenvalue weighted by atomic mass is 127. The van der Waals surface area contributed by atoms with Gasteiger partial charge in [-0.2, -0.15) is 5.26 Å². The fourth-order valence-corrected chi connectivity index (χ4v) is 3.56. The molecule has 0 fully saturated rings. The van der Waals surface area contributed by atoms with Gasteiger partial charge in [0.2, 0.25) is 0 Å². The Bertz CT molecular complexity index is 943. The number of hydrogen-bond acceptors (Lipinski definition) is 5. The summed E-state index contributed by atoms with van der Waals surface area (Å²) in [4.78, 5) is 16.9. The van der Waals surface area contributed by atoms with Crippen molar-refractivity contribution < 1.29 is 9.53 Å². The molecule has 0 radical (unpaired) electrons. The first kappa shape index (κ1) is 18.5. The maximum absolute atomic E-state index is 12.4. The van der Waals surface area contributed by atoms with E-state index in [1.165, 1.54) is 16.9 Å². The predicted octanol–water partition coefficient (Wildman–Crippen LogP) is 4.98. The van der Waals surface area contributed by atoms with Gasteiger partial charge in [0.05, 0.1) is 11.8 Å². The average Bonchev–Trinajstić information content (AvgIpc) is 3.12. The topological polar surface area (TPSA) is 63.0 Å². The molecule has 0 aliphatic rings. The third kappa shape index (κ3) is 4.48. The van der Waals surface area contributed by atoms with E-state index in [4.69, 9.17) is 4.74 Å². The number of carbonyl (C=O) groups is 1. The van der Waals surface area contributed by atoms with Gasteiger partial charge >= 0.3 is 0 Å². The molecule has 0 aliphatic heterocycles. The number of benzene rings is 2. The first-order valence-electron chi connectivity index (χ1n) is 7.90. The van der Waals surface area contributed by atoms with Crippen LogP contribution >= 0.6 is 33.9 Å². The highest BCUT2D eigenvalue weighted by Crippen LogP contribution is 2.27. The largest absolute Gasteiger partial charge is 0.486 e. The average molecular weight is 474 g/mol. The SMILES string of the molecule is Cc1ccc(-c2csc(C(C#N)C(=O)COc3ccc(I)cc3)n2)cc1. The zero-order valence-electron chi connectivity index (χ0n) is 14.0. The highest BCUT2D eigenvalue weighted by molar-refractivity contribution is 14.1. The summed E-state index contributed by atoms with van der Waals surface area (Å²) >= 11 is 3.52. The predicted molar refractivity (Wildman–Crippen MR) is 110 cm³/mol. The van der Waals surface area contributed by atoms with Gasteiger partial charge in [0, 0.05) is 14.5 Å². The number of thiazole rings is 1. The minimum atomic E-state index is -0.914. The summed E-state index contributed by atoms with van der Waals surface area (Å²) in [5, 5.41) is 11.8. The van der Waals surface area contributed by atoms with E-state index in [2.05, 4.69) is 33.6 Å². The lowest BCUT2D eigenvalue weighted by atomic mass is 10.1. The zero-order valence-corrected chi connectivity index (χ0v) is 17.0. The van der Waals surface area contributed by atoms with Gasteiger partial charge in [-0.3, -0.25) is 4.79 Å². The van der Waals surface area contributed by atoms with Gasteiger partial charge in [0.1, 0.15) is 17.4 Å². The molecule has 0 saturated carbocycles. The zero-order chi connectivity index (χ0) is 18.5. The van der Waals surface area contributed by atoms with Crippen LogP contribution in [0.4, 0.5) is 0 Å². The quantitative estimate of drug-likeness (QED) is 0.473. The van der Waals surface area contributed by atoms with Gasteiger partial charge < -0.3 is 4.74 Å². The van der Waals surface area contributed by atoms with Crippen LogP contribution < -0.4 is 4.74 Å². The standard InChI is InChI=1S/C20H15IN2O2S/c1-13-2-4-14(5-3-13)18-12-26-20(23-18)17(10-22)19(24)11-25-16-8-6-15(21)7-9-16/h2-9,12,17H,11H2,1H3. The monoisotopic (exact) mass is 474 g/mol. The Balaban J connectivity index is 1.70. The lowest BCUT2D eigenvalue weighted by molar-refractivity contribution is -0.121. The Labute approximate surface area is 169 Å². The van der Waals surface area contributed by atoms with Gasteiger partial charge in [-0.1, -0.05) is 29.8 Å². The molecule has 1 aromatic heterocycles. The van der Waals surface area contributed by atoms with Crippen molar-refractivity contribution >= 4 is 39.7 Å². The maximum Gasteiger partial charge on any atom is 0.194 e. The number of ketones is 1. The van der Waals surface area contributed by atoms with Gasteiger partial charge in [-0.15, -0.1) is 11.3 Å². The highest BCUT2D eigenvalue weighted by Gasteiger charge is 2.24. The third-order valence-electron chi connectivity index (χ3n) is 3.76. The van der Waals surface area contributed by atoms with Crippen LogP contribution in [0.5, 0.6) is 5.75 Å². The number of ether oxygens (including phenoxy) is 1. The normalized spacial score (nSPS) is 11.6. The molecule has 130 valence electrons. The Morgan fingerprint density at radius 1 is 1.23 bits per heavy atom. The van der Waals surface area contributed by atoms with Crippen LogP contribution in [0.2, 0.25) is 0 Å². The Morgan fingerprint density at radius 2 is 1.92 bits per heavy atom. The van der Waals surface area contributed by atoms with Crippen molar-refractivity contribution in [2.45, 2.75) is 12.8 Å². The van der Waals surface area contributed by atoms with Crippen molar-refractivity contribution in [1.82, 2.24) is 4.98 Å². The number of Topliss-reactive ketones (excluding diaryl/α,β-unsaturated/α-hetero) is 1. The van der Waals surface area contributed by atoms with E-state index < -0.39 is 5.92 Å². The molecule has 2 aromatic carbocycles. The molecule has 0 amide bonds. The van der Waals surface area contributed by atoms with E-state index in [9.17, 15) is 10.1 Å². The molecule has 3 rings (SSSR count). The second-order valence-electron chi connectivity index (χ2n) is 5.71. The number of halogens is 1. The second-order valence-corrected chi connectivity index (χ2v) is 7.84. The van der Waals surface area contributed by atoms with E-state index >= 15 is 0 Å². The molecule has 26 heavy (non-hydrogen) atoms. The third-order valence-corrected chi connectivity index (χ3v) is 5.39. The smallest absolute Gasteiger partial charge is 0.194 e. The van der Waals surface area contributed by atoms with Crippen molar-refractivity contribution in [2.75, 3.05) is 6.61 Å². The minimum absolute atomic E-state index is 0.154. The maximum atomic E-state index is 12.4. The van der Waals surface area contributed by atoms with Crippen LogP contribution in [0.1, 0.15) is 16.5 Å². The van der Waals surface area contributed by atoms with E-state index in [1.807, 2.05) is 48.7 Å². The molecule has 0 aliphatic carbocycles. The van der Waals surface area contributed by atoms with Crippen LogP contribution in [0.3, 0.4) is 0 Å². The van der Waals surface area contributed by atoms with Crippen molar-refractivity contribution in [3.63, 3.8) is 0 Å². The number of aryl methyl sites for hydroxylation is 1. The van der Waals surface area contributed by atoms with Gasteiger partial charge in [0.25, 0.3) is 0 Å². The van der Waals surface area contributed by atoms with Crippen molar-refractivity contribution in [3.8, 4) is 23.1 Å². The molecular weight excluding hydrogens is 459 g/mol. The minimum Gasteiger partial charge on any atom is -0.486 e. The Hall–Kier alpha value is -2.24. The van der Waals surface area contributed by atoms with Crippen LogP contribution in [-0.4, -0.2) is 17.4 Å². The fourth-order valence-electron chi connectivity index (χ4n) is 2.31. The van der Waals surface area contributed by atoms with E-state index in [1.54, 1.807) is 12.1 Å². The molecular formula is C20H15IN2O2S. The van der Waals surface area contributed by atoms with E-state index in [0.29, 0.717) is 10.8 Å². The fraction of sp³-hybridized carbons (Fsp3) is 0.150. The van der Waals surface area contributed by atoms with Gasteiger partial charge in [0.15, 0.2) is 11.7 Å². The molecule has 1 heterocycles. The summed E-state index contributed by atoms with van der Waals surface area (Å²) < 4.78 is 6.59. The van der Waals surface area contributed by atoms with Crippen molar-refractivity contribution in [2.24, 2.45) is 0 Å². The first-order chi connectivity index (χ1) is 12.6. The lowest BCUT2D eigenvalue weighted by Crippen LogP contribution is -2.19. The van der Waals surface area contributed by atoms with Crippen LogP contribution in [0.15, 0.2) is 53.9 Å². The molecule has 1 atom stereocenters. The number of rotatable bonds is 6. The summed E-state index contributed by atoms with van der Waals surface area (Å²) in [6.45, 7) is 1.87. The molecule has 6 heteroatoms. The van der Waals surface area contributed by atoms with Crippen LogP contribution in [0.25, 0.3) is 11.3 Å². The van der Waals surface area contributed by atoms with Crippen molar-refractivity contribution in [1.29, 1.82) is 5.26 Å². The molecule has 1 unspecified atom stereocenters. The molecule has 4 nitrogen and oxygen atoms in total. The summed E-state index contributed by atoms with van der Waals surface area (Å²) in [5.41, 5.74) is 2.91. The second kappa shape index (κ2) is 8.43. The molecule has 0 saturated heterocycles. The first-order valence-corrected chi connectivity index (χ1v) is 9.86. The summed E-state index contributed by atoms with van der Waals surface area (Å²) in [7, 11) is 0. The lowest BCUT2D eigenvalue weighted by Gasteiger charge is -2.08. The number of aromatic nitrogens is 1. The molecule has 0 bridgehead atoms. The molecule has 0 N–H and O–H groups in total.